The Hall–Kier alpha value is -2.55. The van der Waals surface area contributed by atoms with Crippen molar-refractivity contribution in [2.45, 2.75) is 25.3 Å². The first kappa shape index (κ1) is 15.9. The van der Waals surface area contributed by atoms with Crippen molar-refractivity contribution in [3.63, 3.8) is 0 Å². The van der Waals surface area contributed by atoms with Gasteiger partial charge in [0.05, 0.1) is 11.8 Å². The van der Waals surface area contributed by atoms with Crippen LogP contribution in [0.25, 0.3) is 0 Å². The summed E-state index contributed by atoms with van der Waals surface area (Å²) in [5, 5.41) is 7.09. The summed E-state index contributed by atoms with van der Waals surface area (Å²) in [6.45, 7) is 4.23. The zero-order valence-corrected chi connectivity index (χ0v) is 14.7. The van der Waals surface area contributed by atoms with Gasteiger partial charge in [0.25, 0.3) is 0 Å². The van der Waals surface area contributed by atoms with Crippen LogP contribution in [0.1, 0.15) is 35.6 Å². The maximum absolute atomic E-state index is 5.61. The molecule has 0 radical (unpaired) electrons. The lowest BCUT2D eigenvalue weighted by Gasteiger charge is -2.25. The fourth-order valence-corrected chi connectivity index (χ4v) is 4.13. The van der Waals surface area contributed by atoms with Gasteiger partial charge in [-0.2, -0.15) is 5.10 Å². The molecule has 1 aliphatic heterocycles. The molecule has 128 valence electrons. The van der Waals surface area contributed by atoms with E-state index in [1.54, 1.807) is 6.08 Å². The monoisotopic (exact) mass is 332 g/mol. The largest absolute Gasteiger partial charge is 0.490 e. The first-order valence-electron chi connectivity index (χ1n) is 9.01. The molecule has 2 atom stereocenters. The van der Waals surface area contributed by atoms with Crippen molar-refractivity contribution in [2.24, 2.45) is 11.0 Å². The van der Waals surface area contributed by atoms with Gasteiger partial charge in [-0.25, -0.2) is 0 Å². The lowest BCUT2D eigenvalue weighted by Crippen LogP contribution is -2.23. The maximum Gasteiger partial charge on any atom is 0.119 e. The molecule has 4 rings (SSSR count). The average Bonchev–Trinajstić information content (AvgIpc) is 2.86. The molecule has 0 N–H and O–H groups in total. The van der Waals surface area contributed by atoms with E-state index in [-0.39, 0.29) is 0 Å². The Morgan fingerprint density at radius 1 is 1.20 bits per heavy atom. The van der Waals surface area contributed by atoms with E-state index in [0.717, 1.165) is 12.2 Å². The van der Waals surface area contributed by atoms with Gasteiger partial charge in [-0.3, -0.25) is 5.01 Å². The van der Waals surface area contributed by atoms with Crippen LogP contribution in [0.5, 0.6) is 5.75 Å². The van der Waals surface area contributed by atoms with Gasteiger partial charge >= 0.3 is 0 Å². The molecule has 1 heterocycles. The summed E-state index contributed by atoms with van der Waals surface area (Å²) in [5.74, 6) is 1.34. The molecular weight excluding hydrogens is 308 g/mol. The van der Waals surface area contributed by atoms with Crippen molar-refractivity contribution in [3.8, 4) is 5.75 Å². The minimum absolute atomic E-state index is 0.301. The molecule has 2 unspecified atom stereocenters. The van der Waals surface area contributed by atoms with Crippen LogP contribution in [0.3, 0.4) is 0 Å². The van der Waals surface area contributed by atoms with Crippen LogP contribution in [0.2, 0.25) is 0 Å². The van der Waals surface area contributed by atoms with Crippen LogP contribution in [0.4, 0.5) is 0 Å². The molecular formula is C22H24N2O. The van der Waals surface area contributed by atoms with Crippen molar-refractivity contribution < 1.29 is 4.74 Å². The first-order chi connectivity index (χ1) is 12.3. The number of rotatable bonds is 4. The van der Waals surface area contributed by atoms with Crippen LogP contribution >= 0.6 is 0 Å². The van der Waals surface area contributed by atoms with E-state index < -0.39 is 0 Å². The molecule has 0 saturated carbocycles. The number of benzene rings is 2. The van der Waals surface area contributed by atoms with Crippen LogP contribution in [0, 0.1) is 5.92 Å². The summed E-state index contributed by atoms with van der Waals surface area (Å²) in [6.07, 6.45) is 5.31. The fraction of sp³-hybridized carbons (Fsp3) is 0.318. The molecule has 2 aliphatic rings. The summed E-state index contributed by atoms with van der Waals surface area (Å²) in [7, 11) is 2.09. The third kappa shape index (κ3) is 2.95. The van der Waals surface area contributed by atoms with Crippen molar-refractivity contribution in [1.29, 1.82) is 0 Å². The van der Waals surface area contributed by atoms with E-state index >= 15 is 0 Å². The van der Waals surface area contributed by atoms with Gasteiger partial charge in [0.15, 0.2) is 0 Å². The van der Waals surface area contributed by atoms with E-state index in [0.29, 0.717) is 18.6 Å². The SMILES string of the molecule is C=CCOc1ccc(C2C3CCCc4ccccc4C3=NN2C)cc1. The van der Waals surface area contributed by atoms with E-state index in [9.17, 15) is 0 Å². The quantitative estimate of drug-likeness (QED) is 0.765. The Bertz CT molecular complexity index is 794. The fourth-order valence-electron chi connectivity index (χ4n) is 4.13. The Morgan fingerprint density at radius 2 is 2.00 bits per heavy atom. The first-order valence-corrected chi connectivity index (χ1v) is 9.01. The van der Waals surface area contributed by atoms with E-state index in [2.05, 4.69) is 67.2 Å². The molecule has 2 aromatic rings. The Kier molecular flexibility index (Phi) is 4.31. The minimum atomic E-state index is 0.301. The lowest BCUT2D eigenvalue weighted by molar-refractivity contribution is 0.242. The van der Waals surface area contributed by atoms with Crippen molar-refractivity contribution in [3.05, 3.63) is 77.9 Å². The molecule has 0 aromatic heterocycles. The summed E-state index contributed by atoms with van der Waals surface area (Å²) in [6, 6.07) is 17.5. The van der Waals surface area contributed by atoms with Gasteiger partial charge in [-0.05, 0) is 42.5 Å². The second-order valence-electron chi connectivity index (χ2n) is 6.83. The standard InChI is InChI=1S/C22H24N2O/c1-3-15-25-18-13-11-17(12-14-18)22-20-10-6-8-16-7-4-5-9-19(16)21(20)23-24(22)2/h3-5,7,9,11-14,20,22H,1,6,8,10,15H2,2H3. The normalized spacial score (nSPS) is 21.8. The Morgan fingerprint density at radius 3 is 2.80 bits per heavy atom. The number of fused-ring (bicyclic) bond motifs is 3. The Labute approximate surface area is 149 Å². The van der Waals surface area contributed by atoms with Gasteiger partial charge in [0, 0.05) is 18.5 Å². The number of hydrazone groups is 1. The summed E-state index contributed by atoms with van der Waals surface area (Å²) >= 11 is 0. The van der Waals surface area contributed by atoms with Crippen LogP contribution in [-0.2, 0) is 6.42 Å². The number of hydrogen-bond donors (Lipinski definition) is 0. The number of aryl methyl sites for hydroxylation is 1. The molecule has 3 nitrogen and oxygen atoms in total. The minimum Gasteiger partial charge on any atom is -0.490 e. The summed E-state index contributed by atoms with van der Waals surface area (Å²) < 4.78 is 5.61. The third-order valence-electron chi connectivity index (χ3n) is 5.24. The van der Waals surface area contributed by atoms with Crippen molar-refractivity contribution in [2.75, 3.05) is 13.7 Å². The summed E-state index contributed by atoms with van der Waals surface area (Å²) in [5.41, 5.74) is 5.33. The highest BCUT2D eigenvalue weighted by Gasteiger charge is 2.38. The molecule has 3 heteroatoms. The topological polar surface area (TPSA) is 24.8 Å². The second kappa shape index (κ2) is 6.75. The molecule has 1 aliphatic carbocycles. The van der Waals surface area contributed by atoms with Gasteiger partial charge < -0.3 is 4.74 Å². The highest BCUT2D eigenvalue weighted by atomic mass is 16.5. The van der Waals surface area contributed by atoms with E-state index in [4.69, 9.17) is 9.84 Å². The maximum atomic E-state index is 5.61. The molecule has 0 amide bonds. The molecule has 0 spiro atoms. The predicted octanol–water partition coefficient (Wildman–Crippen LogP) is 4.59. The van der Waals surface area contributed by atoms with E-state index in [1.165, 1.54) is 35.2 Å². The van der Waals surface area contributed by atoms with Gasteiger partial charge in [0.1, 0.15) is 12.4 Å². The van der Waals surface area contributed by atoms with Crippen LogP contribution in [0.15, 0.2) is 66.3 Å². The lowest BCUT2D eigenvalue weighted by atomic mass is 9.85. The van der Waals surface area contributed by atoms with Crippen molar-refractivity contribution >= 4 is 5.71 Å². The van der Waals surface area contributed by atoms with Crippen molar-refractivity contribution in [1.82, 2.24) is 5.01 Å². The van der Waals surface area contributed by atoms with Crippen LogP contribution < -0.4 is 4.74 Å². The highest BCUT2D eigenvalue weighted by molar-refractivity contribution is 6.05. The third-order valence-corrected chi connectivity index (χ3v) is 5.24. The molecule has 2 aromatic carbocycles. The van der Waals surface area contributed by atoms with Crippen LogP contribution in [-0.4, -0.2) is 24.4 Å². The van der Waals surface area contributed by atoms with Gasteiger partial charge in [0.2, 0.25) is 0 Å². The molecule has 0 bridgehead atoms. The second-order valence-corrected chi connectivity index (χ2v) is 6.83. The number of hydrogen-bond acceptors (Lipinski definition) is 3. The van der Waals surface area contributed by atoms with Gasteiger partial charge in [-0.15, -0.1) is 0 Å². The highest BCUT2D eigenvalue weighted by Crippen LogP contribution is 2.41. The summed E-state index contributed by atoms with van der Waals surface area (Å²) in [4.78, 5) is 0. The molecule has 0 fully saturated rings. The van der Waals surface area contributed by atoms with Gasteiger partial charge in [-0.1, -0.05) is 49.1 Å². The number of nitrogens with zero attached hydrogens (tertiary/aromatic N) is 2. The Balaban J connectivity index is 1.64. The number of ether oxygens (including phenoxy) is 1. The molecule has 0 saturated heterocycles. The smallest absolute Gasteiger partial charge is 0.119 e. The zero-order chi connectivity index (χ0) is 17.2. The van der Waals surface area contributed by atoms with E-state index in [1.807, 2.05) is 0 Å². The zero-order valence-electron chi connectivity index (χ0n) is 14.7. The molecule has 25 heavy (non-hydrogen) atoms. The predicted molar refractivity (Wildman–Crippen MR) is 102 cm³/mol. The average molecular weight is 332 g/mol.